The molecule has 1 atom stereocenters. The third-order valence-corrected chi connectivity index (χ3v) is 4.22. The number of thioether (sulfide) groups is 1. The van der Waals surface area contributed by atoms with Gasteiger partial charge < -0.3 is 5.32 Å². The van der Waals surface area contributed by atoms with Crippen LogP contribution in [0.2, 0.25) is 0 Å². The van der Waals surface area contributed by atoms with Gasteiger partial charge in [0.15, 0.2) is 0 Å². The van der Waals surface area contributed by atoms with Gasteiger partial charge in [-0.1, -0.05) is 12.1 Å². The number of rotatable bonds is 6. The Kier molecular flexibility index (Phi) is 5.56. The zero-order chi connectivity index (χ0) is 14.4. The van der Waals surface area contributed by atoms with Crippen LogP contribution in [0.15, 0.2) is 53.4 Å². The topological polar surface area (TPSA) is 12.0 Å². The lowest BCUT2D eigenvalue weighted by Gasteiger charge is -2.16. The molecule has 0 fully saturated rings. The summed E-state index contributed by atoms with van der Waals surface area (Å²) < 4.78 is 26.0. The normalized spacial score (nSPS) is 12.3. The second-order valence-electron chi connectivity index (χ2n) is 4.58. The summed E-state index contributed by atoms with van der Waals surface area (Å²) in [4.78, 5) is 1.03. The van der Waals surface area contributed by atoms with E-state index < -0.39 is 0 Å². The lowest BCUT2D eigenvalue weighted by atomic mass is 10.1. The van der Waals surface area contributed by atoms with E-state index in [4.69, 9.17) is 0 Å². The molecule has 0 aromatic heterocycles. The highest BCUT2D eigenvalue weighted by Gasteiger charge is 2.08. The highest BCUT2D eigenvalue weighted by molar-refractivity contribution is 7.99. The Morgan fingerprint density at radius 2 is 1.80 bits per heavy atom. The molecule has 1 nitrogen and oxygen atoms in total. The predicted molar refractivity (Wildman–Crippen MR) is 80.1 cm³/mol. The van der Waals surface area contributed by atoms with E-state index in [1.807, 2.05) is 13.1 Å². The Balaban J connectivity index is 1.90. The zero-order valence-electron chi connectivity index (χ0n) is 11.3. The Bertz CT molecular complexity index is 542. The summed E-state index contributed by atoms with van der Waals surface area (Å²) in [5.41, 5.74) is 0.976. The van der Waals surface area contributed by atoms with Gasteiger partial charge in [-0.3, -0.25) is 0 Å². The molecule has 2 aromatic carbocycles. The minimum atomic E-state index is -0.223. The van der Waals surface area contributed by atoms with Gasteiger partial charge in [0.05, 0.1) is 0 Å². The van der Waals surface area contributed by atoms with Crippen LogP contribution in [0.1, 0.15) is 5.56 Å². The second-order valence-corrected chi connectivity index (χ2v) is 5.68. The molecule has 2 aromatic rings. The van der Waals surface area contributed by atoms with Crippen LogP contribution in [0.3, 0.4) is 0 Å². The molecule has 0 aliphatic heterocycles. The minimum Gasteiger partial charge on any atom is -0.316 e. The van der Waals surface area contributed by atoms with Crippen molar-refractivity contribution >= 4 is 11.8 Å². The van der Waals surface area contributed by atoms with Crippen molar-refractivity contribution in [3.8, 4) is 0 Å². The summed E-state index contributed by atoms with van der Waals surface area (Å²) in [6.07, 6.45) is 0.766. The quantitative estimate of drug-likeness (QED) is 0.811. The molecule has 20 heavy (non-hydrogen) atoms. The van der Waals surface area contributed by atoms with E-state index in [9.17, 15) is 8.78 Å². The first kappa shape index (κ1) is 15.0. The highest BCUT2D eigenvalue weighted by Crippen LogP contribution is 2.20. The Hall–Kier alpha value is -1.39. The maximum Gasteiger partial charge on any atom is 0.123 e. The molecule has 0 saturated heterocycles. The van der Waals surface area contributed by atoms with Gasteiger partial charge >= 0.3 is 0 Å². The average molecular weight is 293 g/mol. The molecule has 0 heterocycles. The maximum atomic E-state index is 13.1. The first-order chi connectivity index (χ1) is 9.67. The van der Waals surface area contributed by atoms with Crippen LogP contribution in [0.25, 0.3) is 0 Å². The van der Waals surface area contributed by atoms with Crippen molar-refractivity contribution in [2.75, 3.05) is 12.8 Å². The van der Waals surface area contributed by atoms with E-state index in [0.717, 1.165) is 22.6 Å². The fourth-order valence-corrected chi connectivity index (χ4v) is 2.93. The number of likely N-dealkylation sites (N-methyl/N-ethyl adjacent to an activating group) is 1. The molecule has 0 aliphatic rings. The molecule has 2 rings (SSSR count). The van der Waals surface area contributed by atoms with Gasteiger partial charge in [-0.15, -0.1) is 11.8 Å². The largest absolute Gasteiger partial charge is 0.316 e. The number of halogens is 2. The van der Waals surface area contributed by atoms with E-state index >= 15 is 0 Å². The molecular weight excluding hydrogens is 276 g/mol. The summed E-state index contributed by atoms with van der Waals surface area (Å²) in [6.45, 7) is 0. The van der Waals surface area contributed by atoms with Gasteiger partial charge in [0.25, 0.3) is 0 Å². The molecule has 0 amide bonds. The first-order valence-corrected chi connectivity index (χ1v) is 7.46. The number of benzene rings is 2. The van der Waals surface area contributed by atoms with E-state index in [0.29, 0.717) is 0 Å². The average Bonchev–Trinajstić information content (AvgIpc) is 2.45. The lowest BCUT2D eigenvalue weighted by Crippen LogP contribution is -2.30. The van der Waals surface area contributed by atoms with Crippen LogP contribution >= 0.6 is 11.8 Å². The number of hydrogen-bond donors (Lipinski definition) is 1. The van der Waals surface area contributed by atoms with E-state index in [1.54, 1.807) is 36.0 Å². The van der Waals surface area contributed by atoms with Gasteiger partial charge in [-0.05, 0) is 55.4 Å². The monoisotopic (exact) mass is 293 g/mol. The van der Waals surface area contributed by atoms with Crippen LogP contribution in [-0.2, 0) is 6.42 Å². The van der Waals surface area contributed by atoms with Crippen LogP contribution in [0.4, 0.5) is 8.78 Å². The molecule has 0 spiro atoms. The highest BCUT2D eigenvalue weighted by atomic mass is 32.2. The standard InChI is InChI=1S/C16H17F2NS/c1-19-15(10-12-3-2-4-14(18)9-12)11-20-16-7-5-13(17)6-8-16/h2-9,15,19H,10-11H2,1H3. The van der Waals surface area contributed by atoms with Gasteiger partial charge in [0, 0.05) is 16.7 Å². The lowest BCUT2D eigenvalue weighted by molar-refractivity contribution is 0.602. The fraction of sp³-hybridized carbons (Fsp3) is 0.250. The van der Waals surface area contributed by atoms with Crippen molar-refractivity contribution in [2.24, 2.45) is 0 Å². The zero-order valence-corrected chi connectivity index (χ0v) is 12.1. The smallest absolute Gasteiger partial charge is 0.123 e. The minimum absolute atomic E-state index is 0.205. The van der Waals surface area contributed by atoms with Crippen LogP contribution in [-0.4, -0.2) is 18.8 Å². The van der Waals surface area contributed by atoms with Crippen molar-refractivity contribution < 1.29 is 8.78 Å². The molecule has 0 aliphatic carbocycles. The van der Waals surface area contributed by atoms with Gasteiger partial charge in [0.1, 0.15) is 11.6 Å². The van der Waals surface area contributed by atoms with Gasteiger partial charge in [0.2, 0.25) is 0 Å². The molecule has 1 unspecified atom stereocenters. The summed E-state index contributed by atoms with van der Waals surface area (Å²) in [5.74, 6) is 0.418. The van der Waals surface area contributed by atoms with Crippen LogP contribution < -0.4 is 5.32 Å². The Morgan fingerprint density at radius 1 is 1.05 bits per heavy atom. The molecule has 0 bridgehead atoms. The molecule has 4 heteroatoms. The van der Waals surface area contributed by atoms with Gasteiger partial charge in [-0.25, -0.2) is 8.78 Å². The van der Waals surface area contributed by atoms with Crippen molar-refractivity contribution in [3.05, 3.63) is 65.7 Å². The first-order valence-electron chi connectivity index (χ1n) is 6.47. The fourth-order valence-electron chi connectivity index (χ4n) is 1.92. The van der Waals surface area contributed by atoms with E-state index in [-0.39, 0.29) is 17.7 Å². The molecule has 106 valence electrons. The summed E-state index contributed by atoms with van der Waals surface area (Å²) in [7, 11) is 1.90. The SMILES string of the molecule is CNC(CSc1ccc(F)cc1)Cc1cccc(F)c1. The molecule has 0 saturated carbocycles. The van der Waals surface area contributed by atoms with Crippen LogP contribution in [0, 0.1) is 11.6 Å². The third kappa shape index (κ3) is 4.62. The second kappa shape index (κ2) is 7.41. The van der Waals surface area contributed by atoms with Crippen LogP contribution in [0.5, 0.6) is 0 Å². The Labute approximate surface area is 122 Å². The number of nitrogens with one attached hydrogen (secondary N) is 1. The van der Waals surface area contributed by atoms with Crippen molar-refractivity contribution in [2.45, 2.75) is 17.4 Å². The van der Waals surface area contributed by atoms with Gasteiger partial charge in [-0.2, -0.15) is 0 Å². The Morgan fingerprint density at radius 3 is 2.45 bits per heavy atom. The van der Waals surface area contributed by atoms with Crippen molar-refractivity contribution in [1.82, 2.24) is 5.32 Å². The van der Waals surface area contributed by atoms with Crippen molar-refractivity contribution in [3.63, 3.8) is 0 Å². The van der Waals surface area contributed by atoms with E-state index in [2.05, 4.69) is 5.32 Å². The maximum absolute atomic E-state index is 13.1. The van der Waals surface area contributed by atoms with E-state index in [1.165, 1.54) is 18.2 Å². The summed E-state index contributed by atoms with van der Waals surface area (Å²) in [5, 5.41) is 3.23. The summed E-state index contributed by atoms with van der Waals surface area (Å²) in [6, 6.07) is 13.4. The predicted octanol–water partition coefficient (Wildman–Crippen LogP) is 3.89. The third-order valence-electron chi connectivity index (χ3n) is 3.04. The molecule has 0 radical (unpaired) electrons. The summed E-state index contributed by atoms with van der Waals surface area (Å²) >= 11 is 1.66. The molecule has 1 N–H and O–H groups in total. The van der Waals surface area contributed by atoms with Crippen molar-refractivity contribution in [1.29, 1.82) is 0 Å². The number of hydrogen-bond acceptors (Lipinski definition) is 2. The molecular formula is C16H17F2NS.